The van der Waals surface area contributed by atoms with Gasteiger partial charge in [-0.1, -0.05) is 0 Å². The van der Waals surface area contributed by atoms with Crippen LogP contribution in [0, 0.1) is 23.0 Å². The Morgan fingerprint density at radius 1 is 1.09 bits per heavy atom. The van der Waals surface area contributed by atoms with Gasteiger partial charge >= 0.3 is 6.18 Å². The summed E-state index contributed by atoms with van der Waals surface area (Å²) >= 11 is 0. The number of halogens is 5. The number of hydrogen-bond acceptors (Lipinski definition) is 5. The summed E-state index contributed by atoms with van der Waals surface area (Å²) in [6.07, 6.45) is -4.84. The summed E-state index contributed by atoms with van der Waals surface area (Å²) in [7, 11) is 0. The topological polar surface area (TPSA) is 84.8 Å². The zero-order chi connectivity index (χ0) is 16.5. The van der Waals surface area contributed by atoms with Crippen LogP contribution in [0.15, 0.2) is 18.2 Å². The van der Waals surface area contributed by atoms with Gasteiger partial charge in [0.05, 0.1) is 11.6 Å². The van der Waals surface area contributed by atoms with Crippen LogP contribution in [-0.4, -0.2) is 9.97 Å². The molecule has 22 heavy (non-hydrogen) atoms. The molecule has 114 valence electrons. The van der Waals surface area contributed by atoms with E-state index in [1.807, 2.05) is 0 Å². The Bertz CT molecular complexity index is 746. The first-order valence-electron chi connectivity index (χ1n) is 5.49. The average molecular weight is 316 g/mol. The largest absolute Gasteiger partial charge is 0.433 e. The Balaban J connectivity index is 2.44. The molecule has 0 saturated heterocycles. The zero-order valence-corrected chi connectivity index (χ0v) is 10.4. The van der Waals surface area contributed by atoms with Gasteiger partial charge in [-0.25, -0.2) is 13.8 Å². The number of nitriles is 1. The number of benzene rings is 1. The molecule has 0 amide bonds. The maximum absolute atomic E-state index is 13.6. The fourth-order valence-corrected chi connectivity index (χ4v) is 1.47. The molecular weight excluding hydrogens is 311 g/mol. The van der Waals surface area contributed by atoms with Crippen LogP contribution in [0.4, 0.5) is 27.9 Å². The molecular formula is C12H5F5N4O. The molecule has 1 heterocycles. The minimum Gasteiger partial charge on any atom is -0.433 e. The first kappa shape index (κ1) is 15.4. The SMILES string of the molecule is N#Cc1cc(F)c(Oc2cc(C(F)(F)F)nc(N)n2)c(F)c1. The van der Waals surface area contributed by atoms with Crippen molar-refractivity contribution in [2.45, 2.75) is 6.18 Å². The third-order valence-electron chi connectivity index (χ3n) is 2.34. The molecule has 0 unspecified atom stereocenters. The van der Waals surface area contributed by atoms with E-state index in [-0.39, 0.29) is 5.56 Å². The van der Waals surface area contributed by atoms with Crippen LogP contribution < -0.4 is 10.5 Å². The highest BCUT2D eigenvalue weighted by Crippen LogP contribution is 2.32. The lowest BCUT2D eigenvalue weighted by atomic mass is 10.2. The third kappa shape index (κ3) is 3.20. The van der Waals surface area contributed by atoms with Gasteiger partial charge in [0, 0.05) is 6.07 Å². The molecule has 10 heteroatoms. The van der Waals surface area contributed by atoms with Gasteiger partial charge in [-0.2, -0.15) is 23.4 Å². The normalized spacial score (nSPS) is 11.1. The predicted molar refractivity (Wildman–Crippen MR) is 62.6 cm³/mol. The number of hydrogen-bond donors (Lipinski definition) is 1. The summed E-state index contributed by atoms with van der Waals surface area (Å²) in [5.41, 5.74) is 3.35. The lowest BCUT2D eigenvalue weighted by molar-refractivity contribution is -0.141. The molecule has 2 N–H and O–H groups in total. The molecule has 0 radical (unpaired) electrons. The molecule has 0 spiro atoms. The highest BCUT2D eigenvalue weighted by molar-refractivity contribution is 5.39. The van der Waals surface area contributed by atoms with E-state index in [2.05, 4.69) is 14.7 Å². The molecule has 0 bridgehead atoms. The minimum atomic E-state index is -4.84. The van der Waals surface area contributed by atoms with E-state index in [0.717, 1.165) is 0 Å². The monoisotopic (exact) mass is 316 g/mol. The van der Waals surface area contributed by atoms with Crippen LogP contribution >= 0.6 is 0 Å². The highest BCUT2D eigenvalue weighted by atomic mass is 19.4. The van der Waals surface area contributed by atoms with Gasteiger partial charge in [0.2, 0.25) is 17.6 Å². The quantitative estimate of drug-likeness (QED) is 0.861. The van der Waals surface area contributed by atoms with E-state index in [1.54, 1.807) is 0 Å². The smallest absolute Gasteiger partial charge is 0.433 e. The Hall–Kier alpha value is -2.96. The van der Waals surface area contributed by atoms with Crippen molar-refractivity contribution in [3.05, 3.63) is 41.1 Å². The fourth-order valence-electron chi connectivity index (χ4n) is 1.47. The number of rotatable bonds is 2. The van der Waals surface area contributed by atoms with Crippen molar-refractivity contribution < 1.29 is 26.7 Å². The van der Waals surface area contributed by atoms with E-state index in [4.69, 9.17) is 11.0 Å². The number of ether oxygens (including phenoxy) is 1. The second kappa shape index (κ2) is 5.44. The van der Waals surface area contributed by atoms with E-state index in [0.29, 0.717) is 18.2 Å². The molecule has 2 rings (SSSR count). The van der Waals surface area contributed by atoms with E-state index >= 15 is 0 Å². The first-order chi connectivity index (χ1) is 10.2. The standard InChI is InChI=1S/C12H5F5N4O/c13-6-1-5(4-18)2-7(14)10(6)22-9-3-8(12(15,16)17)20-11(19)21-9/h1-3H,(H2,19,20,21). The fraction of sp³-hybridized carbons (Fsp3) is 0.0833. The van der Waals surface area contributed by atoms with Gasteiger partial charge < -0.3 is 10.5 Å². The van der Waals surface area contributed by atoms with Gasteiger partial charge in [-0.05, 0) is 12.1 Å². The van der Waals surface area contributed by atoms with Crippen LogP contribution in [0.3, 0.4) is 0 Å². The average Bonchev–Trinajstić information content (AvgIpc) is 2.41. The van der Waals surface area contributed by atoms with Crippen LogP contribution in [-0.2, 0) is 6.18 Å². The molecule has 0 aliphatic rings. The molecule has 0 atom stereocenters. The van der Waals surface area contributed by atoms with Crippen molar-refractivity contribution in [3.8, 4) is 17.7 Å². The molecule has 5 nitrogen and oxygen atoms in total. The van der Waals surface area contributed by atoms with Gasteiger partial charge in [0.25, 0.3) is 0 Å². The third-order valence-corrected chi connectivity index (χ3v) is 2.34. The first-order valence-corrected chi connectivity index (χ1v) is 5.49. The van der Waals surface area contributed by atoms with Crippen molar-refractivity contribution in [2.24, 2.45) is 0 Å². The molecule has 0 saturated carbocycles. The lowest BCUT2D eigenvalue weighted by Crippen LogP contribution is -2.11. The Morgan fingerprint density at radius 2 is 1.68 bits per heavy atom. The van der Waals surface area contributed by atoms with E-state index < -0.39 is 41.1 Å². The highest BCUT2D eigenvalue weighted by Gasteiger charge is 2.34. The molecule has 1 aromatic carbocycles. The van der Waals surface area contributed by atoms with Crippen molar-refractivity contribution in [3.63, 3.8) is 0 Å². The number of anilines is 1. The second-order valence-corrected chi connectivity index (χ2v) is 3.93. The maximum Gasteiger partial charge on any atom is 0.433 e. The summed E-state index contributed by atoms with van der Waals surface area (Å²) in [4.78, 5) is 6.26. The number of aromatic nitrogens is 2. The molecule has 0 aliphatic carbocycles. The Labute approximate surface area is 119 Å². The predicted octanol–water partition coefficient (Wildman–Crippen LogP) is 3.02. The Kier molecular flexibility index (Phi) is 3.81. The number of nitrogen functional groups attached to an aromatic ring is 1. The van der Waals surface area contributed by atoms with Gasteiger partial charge in [-0.15, -0.1) is 0 Å². The van der Waals surface area contributed by atoms with Crippen LogP contribution in [0.5, 0.6) is 11.6 Å². The van der Waals surface area contributed by atoms with E-state index in [1.165, 1.54) is 6.07 Å². The lowest BCUT2D eigenvalue weighted by Gasteiger charge is -2.10. The van der Waals surface area contributed by atoms with Gasteiger partial charge in [0.15, 0.2) is 17.3 Å². The minimum absolute atomic E-state index is 0.319. The van der Waals surface area contributed by atoms with Crippen molar-refractivity contribution in [1.82, 2.24) is 9.97 Å². The van der Waals surface area contributed by atoms with Crippen molar-refractivity contribution in [1.29, 1.82) is 5.26 Å². The van der Waals surface area contributed by atoms with E-state index in [9.17, 15) is 22.0 Å². The van der Waals surface area contributed by atoms with Gasteiger partial charge in [0.1, 0.15) is 0 Å². The summed E-state index contributed by atoms with van der Waals surface area (Å²) in [5.74, 6) is -5.13. The van der Waals surface area contributed by atoms with Crippen molar-refractivity contribution in [2.75, 3.05) is 5.73 Å². The summed E-state index contributed by atoms with van der Waals surface area (Å²) < 4.78 is 69.6. The maximum atomic E-state index is 13.6. The van der Waals surface area contributed by atoms with Crippen LogP contribution in [0.1, 0.15) is 11.3 Å². The Morgan fingerprint density at radius 3 is 2.18 bits per heavy atom. The number of nitrogens with zero attached hydrogens (tertiary/aromatic N) is 3. The summed E-state index contributed by atoms with van der Waals surface area (Å²) in [5, 5.41) is 8.54. The van der Waals surface area contributed by atoms with Gasteiger partial charge in [-0.3, -0.25) is 0 Å². The van der Waals surface area contributed by atoms with Crippen LogP contribution in [0.25, 0.3) is 0 Å². The molecule has 2 aromatic rings. The molecule has 0 aliphatic heterocycles. The number of nitrogens with two attached hydrogens (primary N) is 1. The zero-order valence-electron chi connectivity index (χ0n) is 10.4. The summed E-state index contributed by atoms with van der Waals surface area (Å²) in [6, 6.07) is 3.17. The molecule has 0 fully saturated rings. The molecule has 1 aromatic heterocycles. The van der Waals surface area contributed by atoms with Crippen LogP contribution in [0.2, 0.25) is 0 Å². The second-order valence-electron chi connectivity index (χ2n) is 3.93. The summed E-state index contributed by atoms with van der Waals surface area (Å²) in [6.45, 7) is 0. The number of alkyl halides is 3. The van der Waals surface area contributed by atoms with Crippen molar-refractivity contribution >= 4 is 5.95 Å².